The summed E-state index contributed by atoms with van der Waals surface area (Å²) in [6.07, 6.45) is 9.46. The molecule has 0 fully saturated rings. The Balaban J connectivity index is 2.11. The fourth-order valence-corrected chi connectivity index (χ4v) is 1.70. The quantitative estimate of drug-likeness (QED) is 0.683. The molecular formula is C14H18N2+2. The van der Waals surface area contributed by atoms with E-state index in [1.807, 2.05) is 7.05 Å². The maximum atomic E-state index is 2.19. The van der Waals surface area contributed by atoms with Gasteiger partial charge in [-0.2, -0.15) is 0 Å². The first kappa shape index (κ1) is 10.8. The monoisotopic (exact) mass is 214 g/mol. The van der Waals surface area contributed by atoms with Crippen LogP contribution in [0.4, 0.5) is 0 Å². The van der Waals surface area contributed by atoms with Crippen molar-refractivity contribution >= 4 is 0 Å². The van der Waals surface area contributed by atoms with E-state index in [1.165, 1.54) is 11.1 Å². The van der Waals surface area contributed by atoms with Crippen LogP contribution in [0.25, 0.3) is 0 Å². The summed E-state index contributed by atoms with van der Waals surface area (Å²) in [6, 6.07) is 8.72. The van der Waals surface area contributed by atoms with Crippen LogP contribution < -0.4 is 9.13 Å². The summed E-state index contributed by atoms with van der Waals surface area (Å²) in [5, 5.41) is 0. The van der Waals surface area contributed by atoms with Crippen LogP contribution in [0.5, 0.6) is 0 Å². The third-order valence-electron chi connectivity index (χ3n) is 2.78. The molecule has 0 spiro atoms. The van der Waals surface area contributed by atoms with Crippen LogP contribution in [-0.2, 0) is 20.0 Å². The van der Waals surface area contributed by atoms with Gasteiger partial charge in [-0.15, -0.1) is 0 Å². The lowest BCUT2D eigenvalue weighted by Gasteiger charge is -1.99. The molecule has 0 radical (unpaired) electrons. The van der Waals surface area contributed by atoms with Gasteiger partial charge in [0.2, 0.25) is 0 Å². The van der Waals surface area contributed by atoms with Crippen molar-refractivity contribution in [2.45, 2.75) is 19.9 Å². The molecule has 0 aliphatic heterocycles. The minimum atomic E-state index is 1.01. The molecule has 0 saturated carbocycles. The van der Waals surface area contributed by atoms with Crippen molar-refractivity contribution in [3.63, 3.8) is 0 Å². The molecule has 0 aliphatic rings. The van der Waals surface area contributed by atoms with Crippen molar-refractivity contribution in [1.29, 1.82) is 0 Å². The highest BCUT2D eigenvalue weighted by Gasteiger charge is 2.01. The van der Waals surface area contributed by atoms with Crippen LogP contribution in [0.1, 0.15) is 18.1 Å². The minimum Gasteiger partial charge on any atom is -0.208 e. The Morgan fingerprint density at radius 1 is 0.875 bits per heavy atom. The average molecular weight is 214 g/mol. The zero-order valence-corrected chi connectivity index (χ0v) is 9.93. The van der Waals surface area contributed by atoms with E-state index in [9.17, 15) is 0 Å². The molecule has 0 atom stereocenters. The lowest BCUT2D eigenvalue weighted by Crippen LogP contribution is -2.30. The van der Waals surface area contributed by atoms with E-state index in [-0.39, 0.29) is 0 Å². The second-order valence-corrected chi connectivity index (χ2v) is 4.09. The summed E-state index contributed by atoms with van der Waals surface area (Å²) in [4.78, 5) is 0. The lowest BCUT2D eigenvalue weighted by molar-refractivity contribution is -0.693. The number of nitrogens with zero attached hydrogens (tertiary/aromatic N) is 2. The van der Waals surface area contributed by atoms with E-state index >= 15 is 0 Å². The van der Waals surface area contributed by atoms with Gasteiger partial charge >= 0.3 is 0 Å². The number of aromatic nitrogens is 2. The van der Waals surface area contributed by atoms with E-state index in [2.05, 4.69) is 65.1 Å². The Morgan fingerprint density at radius 2 is 1.38 bits per heavy atom. The highest BCUT2D eigenvalue weighted by molar-refractivity contribution is 5.20. The smallest absolute Gasteiger partial charge is 0.169 e. The van der Waals surface area contributed by atoms with Crippen molar-refractivity contribution in [2.24, 2.45) is 7.05 Å². The molecule has 0 N–H and O–H groups in total. The SMILES string of the molecule is CC[n+]1ccc(Cc2cc[n+](C)cc2)cc1. The maximum Gasteiger partial charge on any atom is 0.169 e. The van der Waals surface area contributed by atoms with Crippen molar-refractivity contribution < 1.29 is 9.13 Å². The Morgan fingerprint density at radius 3 is 1.88 bits per heavy atom. The van der Waals surface area contributed by atoms with Gasteiger partial charge in [0.05, 0.1) is 0 Å². The average Bonchev–Trinajstić information content (AvgIpc) is 2.33. The Labute approximate surface area is 96.8 Å². The zero-order valence-electron chi connectivity index (χ0n) is 9.93. The summed E-state index contributed by atoms with van der Waals surface area (Å²) in [5.74, 6) is 0. The molecule has 2 rings (SSSR count). The number of hydrogen-bond donors (Lipinski definition) is 0. The molecule has 0 aliphatic carbocycles. The van der Waals surface area contributed by atoms with Gasteiger partial charge in [-0.05, 0) is 24.5 Å². The summed E-state index contributed by atoms with van der Waals surface area (Å²) < 4.78 is 4.23. The molecule has 0 bridgehead atoms. The fraction of sp³-hybridized carbons (Fsp3) is 0.286. The number of hydrogen-bond acceptors (Lipinski definition) is 0. The fourth-order valence-electron chi connectivity index (χ4n) is 1.70. The van der Waals surface area contributed by atoms with Crippen molar-refractivity contribution in [3.05, 3.63) is 60.2 Å². The summed E-state index contributed by atoms with van der Waals surface area (Å²) in [6.45, 7) is 3.18. The molecule has 2 nitrogen and oxygen atoms in total. The van der Waals surface area contributed by atoms with Crippen LogP contribution in [0.3, 0.4) is 0 Å². The molecule has 0 unspecified atom stereocenters. The third kappa shape index (κ3) is 2.66. The van der Waals surface area contributed by atoms with Crippen LogP contribution in [-0.4, -0.2) is 0 Å². The molecule has 2 aromatic heterocycles. The molecule has 0 amide bonds. The first-order valence-electron chi connectivity index (χ1n) is 5.70. The van der Waals surface area contributed by atoms with E-state index < -0.39 is 0 Å². The Kier molecular flexibility index (Phi) is 3.30. The molecule has 0 saturated heterocycles. The molecule has 82 valence electrons. The normalized spacial score (nSPS) is 10.4. The van der Waals surface area contributed by atoms with Gasteiger partial charge in [-0.1, -0.05) is 0 Å². The first-order chi connectivity index (χ1) is 7.78. The lowest BCUT2D eigenvalue weighted by atomic mass is 10.1. The standard InChI is InChI=1S/C14H18N2/c1-3-16-10-6-14(7-11-16)12-13-4-8-15(2)9-5-13/h4-11H,3,12H2,1-2H3/q+2. The summed E-state index contributed by atoms with van der Waals surface area (Å²) in [7, 11) is 2.04. The summed E-state index contributed by atoms with van der Waals surface area (Å²) in [5.41, 5.74) is 2.71. The van der Waals surface area contributed by atoms with Crippen LogP contribution in [0.2, 0.25) is 0 Å². The van der Waals surface area contributed by atoms with E-state index in [0.717, 1.165) is 13.0 Å². The molecular weight excluding hydrogens is 196 g/mol. The Bertz CT molecular complexity index is 443. The van der Waals surface area contributed by atoms with Gasteiger partial charge in [0.25, 0.3) is 0 Å². The van der Waals surface area contributed by atoms with Crippen LogP contribution in [0.15, 0.2) is 49.1 Å². The first-order valence-corrected chi connectivity index (χ1v) is 5.70. The van der Waals surface area contributed by atoms with Gasteiger partial charge in [0, 0.05) is 24.3 Å². The number of pyridine rings is 2. The van der Waals surface area contributed by atoms with Crippen LogP contribution >= 0.6 is 0 Å². The van der Waals surface area contributed by atoms with Gasteiger partial charge < -0.3 is 0 Å². The largest absolute Gasteiger partial charge is 0.208 e. The van der Waals surface area contributed by atoms with Gasteiger partial charge in [-0.3, -0.25) is 0 Å². The molecule has 2 heteroatoms. The van der Waals surface area contributed by atoms with E-state index in [0.29, 0.717) is 0 Å². The zero-order chi connectivity index (χ0) is 11.4. The number of rotatable bonds is 3. The van der Waals surface area contributed by atoms with E-state index in [1.54, 1.807) is 0 Å². The van der Waals surface area contributed by atoms with Gasteiger partial charge in [0.15, 0.2) is 24.8 Å². The third-order valence-corrected chi connectivity index (χ3v) is 2.78. The Hall–Kier alpha value is -1.70. The number of aryl methyl sites for hydroxylation is 2. The van der Waals surface area contributed by atoms with Gasteiger partial charge in [-0.25, -0.2) is 9.13 Å². The summed E-state index contributed by atoms with van der Waals surface area (Å²) >= 11 is 0. The van der Waals surface area contributed by atoms with Crippen molar-refractivity contribution in [1.82, 2.24) is 0 Å². The highest BCUT2D eigenvalue weighted by Crippen LogP contribution is 2.05. The second-order valence-electron chi connectivity index (χ2n) is 4.09. The van der Waals surface area contributed by atoms with Gasteiger partial charge in [0.1, 0.15) is 13.6 Å². The molecule has 2 aromatic rings. The van der Waals surface area contributed by atoms with Crippen molar-refractivity contribution in [2.75, 3.05) is 0 Å². The second kappa shape index (κ2) is 4.88. The predicted octanol–water partition coefficient (Wildman–Crippen LogP) is 1.41. The van der Waals surface area contributed by atoms with Crippen molar-refractivity contribution in [3.8, 4) is 0 Å². The predicted molar refractivity (Wildman–Crippen MR) is 62.7 cm³/mol. The molecule has 2 heterocycles. The minimum absolute atomic E-state index is 1.01. The maximum absolute atomic E-state index is 2.19. The van der Waals surface area contributed by atoms with Crippen LogP contribution in [0, 0.1) is 0 Å². The molecule has 16 heavy (non-hydrogen) atoms. The highest BCUT2D eigenvalue weighted by atomic mass is 14.9. The topological polar surface area (TPSA) is 7.76 Å². The molecule has 0 aromatic carbocycles. The van der Waals surface area contributed by atoms with E-state index in [4.69, 9.17) is 0 Å².